The summed E-state index contributed by atoms with van der Waals surface area (Å²) in [4.78, 5) is 11.1. The van der Waals surface area contributed by atoms with Crippen molar-refractivity contribution in [2.45, 2.75) is 0 Å². The Morgan fingerprint density at radius 1 is 1.53 bits per heavy atom. The minimum atomic E-state index is -0.274. The molecule has 1 amide bonds. The SMILES string of the molecule is N/N=C/NC(=O)C=Cc1cccc(Br)c1. The van der Waals surface area contributed by atoms with Crippen LogP contribution in [-0.4, -0.2) is 12.2 Å². The number of benzene rings is 1. The predicted octanol–water partition coefficient (Wildman–Crippen LogP) is 1.48. The average molecular weight is 268 g/mol. The second kappa shape index (κ2) is 5.98. The first-order valence-electron chi connectivity index (χ1n) is 4.18. The number of hydrazone groups is 1. The third-order valence-electron chi connectivity index (χ3n) is 1.56. The zero-order valence-electron chi connectivity index (χ0n) is 7.85. The Balaban J connectivity index is 2.61. The number of carbonyl (C=O) groups is 1. The van der Waals surface area contributed by atoms with Crippen LogP contribution >= 0.6 is 15.9 Å². The molecule has 15 heavy (non-hydrogen) atoms. The Bertz CT molecular complexity index is 401. The first-order chi connectivity index (χ1) is 7.22. The lowest BCUT2D eigenvalue weighted by molar-refractivity contribution is -0.115. The number of carbonyl (C=O) groups excluding carboxylic acids is 1. The summed E-state index contributed by atoms with van der Waals surface area (Å²) in [5.41, 5.74) is 0.934. The highest BCUT2D eigenvalue weighted by Crippen LogP contribution is 2.12. The molecule has 0 unspecified atom stereocenters. The molecular formula is C10H10BrN3O. The Labute approximate surface area is 96.0 Å². The van der Waals surface area contributed by atoms with Gasteiger partial charge in [-0.05, 0) is 23.8 Å². The molecule has 1 aromatic carbocycles. The van der Waals surface area contributed by atoms with E-state index in [-0.39, 0.29) is 5.91 Å². The number of nitrogens with zero attached hydrogens (tertiary/aromatic N) is 1. The highest BCUT2D eigenvalue weighted by atomic mass is 79.9. The Kier molecular flexibility index (Phi) is 4.56. The predicted molar refractivity (Wildman–Crippen MR) is 64.0 cm³/mol. The van der Waals surface area contributed by atoms with Gasteiger partial charge in [-0.15, -0.1) is 0 Å². The standard InChI is InChI=1S/C10H10BrN3O/c11-9-3-1-2-8(6-9)4-5-10(15)13-7-14-12/h1-7H,12H2,(H,13,14,15). The molecule has 0 fully saturated rings. The highest BCUT2D eigenvalue weighted by molar-refractivity contribution is 9.10. The molecule has 0 radical (unpaired) electrons. The van der Waals surface area contributed by atoms with E-state index in [0.29, 0.717) is 0 Å². The lowest BCUT2D eigenvalue weighted by Crippen LogP contribution is -2.19. The fourth-order valence-corrected chi connectivity index (χ4v) is 1.35. The molecule has 3 N–H and O–H groups in total. The molecule has 1 rings (SSSR count). The summed E-state index contributed by atoms with van der Waals surface area (Å²) in [6, 6.07) is 7.61. The lowest BCUT2D eigenvalue weighted by Gasteiger charge is -1.94. The van der Waals surface area contributed by atoms with E-state index in [4.69, 9.17) is 5.84 Å². The third-order valence-corrected chi connectivity index (χ3v) is 2.05. The molecule has 1 aromatic rings. The second-order valence-corrected chi connectivity index (χ2v) is 3.59. The second-order valence-electron chi connectivity index (χ2n) is 2.68. The van der Waals surface area contributed by atoms with Crippen LogP contribution < -0.4 is 11.2 Å². The van der Waals surface area contributed by atoms with Gasteiger partial charge in [-0.25, -0.2) is 0 Å². The van der Waals surface area contributed by atoms with Crippen molar-refractivity contribution in [1.82, 2.24) is 5.32 Å². The number of halogens is 1. The summed E-state index contributed by atoms with van der Waals surface area (Å²) in [5, 5.41) is 5.51. The van der Waals surface area contributed by atoms with Gasteiger partial charge in [0, 0.05) is 10.5 Å². The average Bonchev–Trinajstić information content (AvgIpc) is 2.23. The van der Waals surface area contributed by atoms with E-state index in [2.05, 4.69) is 26.3 Å². The van der Waals surface area contributed by atoms with Crippen molar-refractivity contribution in [1.29, 1.82) is 0 Å². The Morgan fingerprint density at radius 2 is 2.33 bits per heavy atom. The zero-order valence-corrected chi connectivity index (χ0v) is 9.44. The van der Waals surface area contributed by atoms with Gasteiger partial charge in [0.15, 0.2) is 0 Å². The van der Waals surface area contributed by atoms with E-state index < -0.39 is 0 Å². The molecule has 78 valence electrons. The van der Waals surface area contributed by atoms with Crippen LogP contribution in [0.15, 0.2) is 39.9 Å². The van der Waals surface area contributed by atoms with E-state index in [1.807, 2.05) is 24.3 Å². The summed E-state index contributed by atoms with van der Waals surface area (Å²) >= 11 is 3.34. The van der Waals surface area contributed by atoms with Crippen LogP contribution in [0.1, 0.15) is 5.56 Å². The van der Waals surface area contributed by atoms with Gasteiger partial charge in [-0.1, -0.05) is 28.1 Å². The number of amides is 1. The molecule has 0 bridgehead atoms. The molecule has 5 heteroatoms. The van der Waals surface area contributed by atoms with Crippen LogP contribution in [-0.2, 0) is 4.79 Å². The maximum absolute atomic E-state index is 11.1. The topological polar surface area (TPSA) is 67.5 Å². The van der Waals surface area contributed by atoms with E-state index in [1.165, 1.54) is 6.08 Å². The summed E-state index contributed by atoms with van der Waals surface area (Å²) in [6.07, 6.45) is 4.24. The van der Waals surface area contributed by atoms with Crippen molar-refractivity contribution in [3.8, 4) is 0 Å². The summed E-state index contributed by atoms with van der Waals surface area (Å²) in [7, 11) is 0. The minimum absolute atomic E-state index is 0.274. The van der Waals surface area contributed by atoms with Crippen molar-refractivity contribution in [2.24, 2.45) is 10.9 Å². The van der Waals surface area contributed by atoms with Crippen LogP contribution in [0, 0.1) is 0 Å². The van der Waals surface area contributed by atoms with Gasteiger partial charge in [0.05, 0.1) is 0 Å². The maximum atomic E-state index is 11.1. The van der Waals surface area contributed by atoms with Crippen LogP contribution in [0.3, 0.4) is 0 Å². The normalized spacial score (nSPS) is 11.0. The van der Waals surface area contributed by atoms with E-state index in [9.17, 15) is 4.79 Å². The van der Waals surface area contributed by atoms with Crippen LogP contribution in [0.4, 0.5) is 0 Å². The van der Waals surface area contributed by atoms with Crippen molar-refractivity contribution in [3.63, 3.8) is 0 Å². The maximum Gasteiger partial charge on any atom is 0.249 e. The van der Waals surface area contributed by atoms with Gasteiger partial charge >= 0.3 is 0 Å². The molecule has 0 atom stereocenters. The molecule has 0 saturated carbocycles. The van der Waals surface area contributed by atoms with Gasteiger partial charge in [-0.2, -0.15) is 5.10 Å². The van der Waals surface area contributed by atoms with Gasteiger partial charge in [0.2, 0.25) is 5.91 Å². The quantitative estimate of drug-likeness (QED) is 0.286. The van der Waals surface area contributed by atoms with Gasteiger partial charge in [-0.3, -0.25) is 4.79 Å². The van der Waals surface area contributed by atoms with Gasteiger partial charge in [0.1, 0.15) is 6.34 Å². The monoisotopic (exact) mass is 267 g/mol. The number of hydrogen-bond donors (Lipinski definition) is 2. The van der Waals surface area contributed by atoms with Crippen molar-refractivity contribution in [2.75, 3.05) is 0 Å². The minimum Gasteiger partial charge on any atom is -0.322 e. The molecule has 4 nitrogen and oxygen atoms in total. The third kappa shape index (κ3) is 4.42. The Hall–Kier alpha value is -1.62. The Morgan fingerprint density at radius 3 is 3.00 bits per heavy atom. The molecule has 0 aliphatic heterocycles. The van der Waals surface area contributed by atoms with Crippen molar-refractivity contribution >= 4 is 34.3 Å². The molecule has 0 aliphatic carbocycles. The fraction of sp³-hybridized carbons (Fsp3) is 0. The molecule has 0 aromatic heterocycles. The summed E-state index contributed by atoms with van der Waals surface area (Å²) in [5.74, 6) is 4.55. The van der Waals surface area contributed by atoms with E-state index in [0.717, 1.165) is 16.4 Å². The summed E-state index contributed by atoms with van der Waals surface area (Å²) in [6.45, 7) is 0. The number of nitrogens with two attached hydrogens (primary N) is 1. The zero-order chi connectivity index (χ0) is 11.1. The van der Waals surface area contributed by atoms with Crippen molar-refractivity contribution in [3.05, 3.63) is 40.4 Å². The van der Waals surface area contributed by atoms with E-state index >= 15 is 0 Å². The van der Waals surface area contributed by atoms with Crippen LogP contribution in [0.2, 0.25) is 0 Å². The fourth-order valence-electron chi connectivity index (χ4n) is 0.931. The molecular weight excluding hydrogens is 258 g/mol. The number of hydrogen-bond acceptors (Lipinski definition) is 3. The van der Waals surface area contributed by atoms with Crippen molar-refractivity contribution < 1.29 is 4.79 Å². The first-order valence-corrected chi connectivity index (χ1v) is 4.97. The first kappa shape index (κ1) is 11.5. The number of nitrogens with one attached hydrogen (secondary N) is 1. The highest BCUT2D eigenvalue weighted by Gasteiger charge is 1.92. The smallest absolute Gasteiger partial charge is 0.249 e. The van der Waals surface area contributed by atoms with E-state index in [1.54, 1.807) is 6.08 Å². The number of rotatable bonds is 3. The summed E-state index contributed by atoms with van der Waals surface area (Å²) < 4.78 is 0.966. The molecule has 0 spiro atoms. The largest absolute Gasteiger partial charge is 0.322 e. The lowest BCUT2D eigenvalue weighted by atomic mass is 10.2. The molecule has 0 heterocycles. The van der Waals surface area contributed by atoms with Gasteiger partial charge in [0.25, 0.3) is 0 Å². The van der Waals surface area contributed by atoms with Crippen LogP contribution in [0.25, 0.3) is 6.08 Å². The van der Waals surface area contributed by atoms with Crippen LogP contribution in [0.5, 0.6) is 0 Å². The van der Waals surface area contributed by atoms with Gasteiger partial charge < -0.3 is 11.2 Å². The molecule has 0 saturated heterocycles. The molecule has 0 aliphatic rings.